The molecule has 0 bridgehead atoms. The molecule has 0 fully saturated rings. The van der Waals surface area contributed by atoms with Crippen molar-refractivity contribution in [2.24, 2.45) is 0 Å². The quantitative estimate of drug-likeness (QED) is 0.565. The maximum Gasteiger partial charge on any atom is 0.345 e. The van der Waals surface area contributed by atoms with E-state index in [1.807, 2.05) is 0 Å². The average molecular weight is 283 g/mol. The van der Waals surface area contributed by atoms with Crippen molar-refractivity contribution in [3.63, 3.8) is 0 Å². The van der Waals surface area contributed by atoms with Gasteiger partial charge in [0, 0.05) is 4.88 Å². The number of amides is 1. The molecule has 0 radical (unpaired) electrons. The van der Waals surface area contributed by atoms with Gasteiger partial charge in [0.25, 0.3) is 0 Å². The highest BCUT2D eigenvalue weighted by Crippen LogP contribution is 2.16. The zero-order chi connectivity index (χ0) is 14.3. The molecule has 1 rings (SSSR count). The smallest absolute Gasteiger partial charge is 0.345 e. The normalized spacial score (nSPS) is 11.8. The van der Waals surface area contributed by atoms with Crippen molar-refractivity contribution in [1.29, 1.82) is 0 Å². The Morgan fingerprint density at radius 3 is 2.89 bits per heavy atom. The fourth-order valence-corrected chi connectivity index (χ4v) is 2.10. The molecule has 1 atom stereocenters. The maximum atomic E-state index is 11.7. The first-order valence-corrected chi connectivity index (χ1v) is 6.68. The molecule has 0 aliphatic heterocycles. The highest BCUT2D eigenvalue weighted by molar-refractivity contribution is 7.13. The Bertz CT molecular complexity index is 455. The van der Waals surface area contributed by atoms with Crippen molar-refractivity contribution < 1.29 is 19.4 Å². The third-order valence-electron chi connectivity index (χ3n) is 2.37. The van der Waals surface area contributed by atoms with E-state index in [2.05, 4.69) is 11.9 Å². The van der Waals surface area contributed by atoms with Crippen LogP contribution in [0.25, 0.3) is 0 Å². The minimum absolute atomic E-state index is 0.214. The molecule has 1 heterocycles. The van der Waals surface area contributed by atoms with Gasteiger partial charge in [-0.15, -0.1) is 17.9 Å². The Kier molecular flexibility index (Phi) is 6.24. The highest BCUT2D eigenvalue weighted by atomic mass is 32.1. The molecule has 1 aromatic heterocycles. The van der Waals surface area contributed by atoms with Crippen LogP contribution in [0.15, 0.2) is 24.8 Å². The number of rotatable bonds is 8. The van der Waals surface area contributed by atoms with E-state index in [9.17, 15) is 9.59 Å². The summed E-state index contributed by atoms with van der Waals surface area (Å²) in [6.07, 6.45) is 1.90. The second-order valence-electron chi connectivity index (χ2n) is 3.88. The molecule has 0 aliphatic rings. The van der Waals surface area contributed by atoms with E-state index >= 15 is 0 Å². The first kappa shape index (κ1) is 15.4. The number of carbonyl (C=O) groups is 2. The molecule has 1 amide bonds. The number of carboxylic acid groups (broad SMARTS) is 1. The van der Waals surface area contributed by atoms with E-state index < -0.39 is 12.1 Å². The average Bonchev–Trinajstić information content (AvgIpc) is 2.85. The molecule has 5 nitrogen and oxygen atoms in total. The van der Waals surface area contributed by atoms with Crippen molar-refractivity contribution in [3.05, 3.63) is 34.5 Å². The lowest BCUT2D eigenvalue weighted by molar-refractivity contribution is -0.131. The molecule has 19 heavy (non-hydrogen) atoms. The van der Waals surface area contributed by atoms with Crippen molar-refractivity contribution >= 4 is 23.2 Å². The summed E-state index contributed by atoms with van der Waals surface area (Å²) in [6, 6.07) is 3.22. The van der Waals surface area contributed by atoms with E-state index in [0.29, 0.717) is 19.6 Å². The summed E-state index contributed by atoms with van der Waals surface area (Å²) >= 11 is 1.15. The van der Waals surface area contributed by atoms with Gasteiger partial charge in [0.05, 0.1) is 13.2 Å². The van der Waals surface area contributed by atoms with Gasteiger partial charge < -0.3 is 15.2 Å². The van der Waals surface area contributed by atoms with E-state index in [1.54, 1.807) is 19.1 Å². The number of hydrogen-bond acceptors (Lipinski definition) is 4. The fourth-order valence-electron chi connectivity index (χ4n) is 1.31. The number of thiophene rings is 1. The van der Waals surface area contributed by atoms with E-state index in [0.717, 1.165) is 16.2 Å². The minimum atomic E-state index is -0.955. The second-order valence-corrected chi connectivity index (χ2v) is 5.05. The Balaban J connectivity index is 2.36. The Morgan fingerprint density at radius 2 is 2.32 bits per heavy atom. The number of carbonyl (C=O) groups excluding carboxylic acids is 1. The molecule has 0 aliphatic carbocycles. The first-order chi connectivity index (χ1) is 9.04. The monoisotopic (exact) mass is 283 g/mol. The van der Waals surface area contributed by atoms with Crippen LogP contribution in [-0.4, -0.2) is 29.7 Å². The van der Waals surface area contributed by atoms with E-state index in [4.69, 9.17) is 9.84 Å². The van der Waals surface area contributed by atoms with E-state index in [1.165, 1.54) is 6.07 Å². The zero-order valence-corrected chi connectivity index (χ0v) is 11.5. The van der Waals surface area contributed by atoms with Gasteiger partial charge in [0.2, 0.25) is 5.91 Å². The largest absolute Gasteiger partial charge is 0.477 e. The molecule has 1 aromatic rings. The molecule has 6 heteroatoms. The minimum Gasteiger partial charge on any atom is -0.477 e. The zero-order valence-electron chi connectivity index (χ0n) is 10.7. The van der Waals surface area contributed by atoms with Crippen molar-refractivity contribution in [2.75, 3.05) is 6.61 Å². The van der Waals surface area contributed by atoms with Gasteiger partial charge in [0.1, 0.15) is 11.0 Å². The van der Waals surface area contributed by atoms with E-state index in [-0.39, 0.29) is 10.8 Å². The van der Waals surface area contributed by atoms with Crippen LogP contribution < -0.4 is 5.32 Å². The van der Waals surface area contributed by atoms with Gasteiger partial charge in [-0.3, -0.25) is 4.79 Å². The Hall–Kier alpha value is -1.66. The van der Waals surface area contributed by atoms with Gasteiger partial charge in [-0.05, 0) is 25.5 Å². The summed E-state index contributed by atoms with van der Waals surface area (Å²) < 4.78 is 5.30. The molecule has 2 N–H and O–H groups in total. The molecular weight excluding hydrogens is 266 g/mol. The lowest BCUT2D eigenvalue weighted by Gasteiger charge is -2.12. The third kappa shape index (κ3) is 5.23. The van der Waals surface area contributed by atoms with Crippen molar-refractivity contribution in [2.45, 2.75) is 26.0 Å². The summed E-state index contributed by atoms with van der Waals surface area (Å²) in [5, 5.41) is 11.5. The van der Waals surface area contributed by atoms with Gasteiger partial charge in [-0.2, -0.15) is 0 Å². The van der Waals surface area contributed by atoms with Crippen LogP contribution in [0.5, 0.6) is 0 Å². The van der Waals surface area contributed by atoms with Gasteiger partial charge in [-0.25, -0.2) is 4.79 Å². The summed E-state index contributed by atoms with van der Waals surface area (Å²) in [6.45, 7) is 6.01. The molecule has 0 saturated heterocycles. The lowest BCUT2D eigenvalue weighted by Crippen LogP contribution is -2.34. The molecule has 0 spiro atoms. The topological polar surface area (TPSA) is 75.6 Å². The molecular formula is C13H17NO4S. The predicted octanol–water partition coefficient (Wildman–Crippen LogP) is 2.04. The molecule has 1 unspecified atom stereocenters. The standard InChI is InChI=1S/C13H17NO4S/c1-3-4-7-18-9(2)12(15)14-8-10-5-6-11(19-10)13(16)17/h3,5-6,9H,1,4,7-8H2,2H3,(H,14,15)(H,16,17). The van der Waals surface area contributed by atoms with Crippen molar-refractivity contribution in [3.8, 4) is 0 Å². The third-order valence-corrected chi connectivity index (χ3v) is 3.44. The van der Waals surface area contributed by atoms with Crippen LogP contribution in [-0.2, 0) is 16.1 Å². The number of aromatic carboxylic acids is 1. The van der Waals surface area contributed by atoms with Crippen LogP contribution >= 0.6 is 11.3 Å². The van der Waals surface area contributed by atoms with Crippen LogP contribution in [0.1, 0.15) is 27.9 Å². The Labute approximate surface area is 115 Å². The predicted molar refractivity (Wildman–Crippen MR) is 73.4 cm³/mol. The van der Waals surface area contributed by atoms with Gasteiger partial charge >= 0.3 is 5.97 Å². The van der Waals surface area contributed by atoms with Crippen molar-refractivity contribution in [1.82, 2.24) is 5.32 Å². The first-order valence-electron chi connectivity index (χ1n) is 5.86. The van der Waals surface area contributed by atoms with Crippen LogP contribution in [0.3, 0.4) is 0 Å². The van der Waals surface area contributed by atoms with Crippen LogP contribution in [0, 0.1) is 0 Å². The second kappa shape index (κ2) is 7.70. The Morgan fingerprint density at radius 1 is 1.58 bits per heavy atom. The maximum absolute atomic E-state index is 11.7. The fraction of sp³-hybridized carbons (Fsp3) is 0.385. The molecule has 0 saturated carbocycles. The van der Waals surface area contributed by atoms with Gasteiger partial charge in [-0.1, -0.05) is 6.08 Å². The SMILES string of the molecule is C=CCCOC(C)C(=O)NCc1ccc(C(=O)O)s1. The van der Waals surface area contributed by atoms with Crippen LogP contribution in [0.2, 0.25) is 0 Å². The molecule has 104 valence electrons. The number of hydrogen-bond donors (Lipinski definition) is 2. The number of carboxylic acids is 1. The summed E-state index contributed by atoms with van der Waals surface area (Å²) in [5.74, 6) is -1.17. The summed E-state index contributed by atoms with van der Waals surface area (Å²) in [4.78, 5) is 23.4. The van der Waals surface area contributed by atoms with Crippen LogP contribution in [0.4, 0.5) is 0 Å². The summed E-state index contributed by atoms with van der Waals surface area (Å²) in [5.41, 5.74) is 0. The summed E-state index contributed by atoms with van der Waals surface area (Å²) in [7, 11) is 0. The van der Waals surface area contributed by atoms with Gasteiger partial charge in [0.15, 0.2) is 0 Å². The number of ether oxygens (including phenoxy) is 1. The highest BCUT2D eigenvalue weighted by Gasteiger charge is 2.13. The molecule has 0 aromatic carbocycles. The lowest BCUT2D eigenvalue weighted by atomic mass is 10.3. The number of nitrogens with one attached hydrogen (secondary N) is 1.